The van der Waals surface area contributed by atoms with Gasteiger partial charge in [0, 0.05) is 44.6 Å². The molecule has 0 aromatic heterocycles. The van der Waals surface area contributed by atoms with Gasteiger partial charge in [-0.2, -0.15) is 0 Å². The van der Waals surface area contributed by atoms with Crippen LogP contribution >= 0.6 is 0 Å². The molecule has 0 spiro atoms. The summed E-state index contributed by atoms with van der Waals surface area (Å²) < 4.78 is 5.43. The molecule has 1 aromatic rings. The molecule has 1 saturated carbocycles. The van der Waals surface area contributed by atoms with Crippen molar-refractivity contribution >= 4 is 5.69 Å². The fraction of sp³-hybridized carbons (Fsp3) is 0.625. The minimum Gasteiger partial charge on any atom is -0.381 e. The Morgan fingerprint density at radius 3 is 2.42 bits per heavy atom. The monoisotopic (exact) mass is 260 g/mol. The van der Waals surface area contributed by atoms with E-state index in [2.05, 4.69) is 41.5 Å². The zero-order chi connectivity index (χ0) is 13.1. The zero-order valence-electron chi connectivity index (χ0n) is 11.8. The average Bonchev–Trinajstić information content (AvgIpc) is 3.30. The summed E-state index contributed by atoms with van der Waals surface area (Å²) in [6, 6.07) is 10.4. The van der Waals surface area contributed by atoms with Gasteiger partial charge in [-0.05, 0) is 43.4 Å². The second-order valence-electron chi connectivity index (χ2n) is 5.78. The Morgan fingerprint density at radius 1 is 1.11 bits per heavy atom. The number of anilines is 1. The van der Waals surface area contributed by atoms with Crippen LogP contribution in [0.4, 0.5) is 5.69 Å². The number of hydrogen-bond donors (Lipinski definition) is 1. The van der Waals surface area contributed by atoms with Crippen LogP contribution in [0.25, 0.3) is 0 Å². The minimum absolute atomic E-state index is 0.629. The minimum atomic E-state index is 0.629. The van der Waals surface area contributed by atoms with Crippen molar-refractivity contribution in [2.75, 3.05) is 25.2 Å². The molecule has 104 valence electrons. The molecule has 19 heavy (non-hydrogen) atoms. The van der Waals surface area contributed by atoms with Crippen molar-refractivity contribution < 1.29 is 4.74 Å². The van der Waals surface area contributed by atoms with Gasteiger partial charge in [-0.25, -0.2) is 0 Å². The molecule has 0 amide bonds. The van der Waals surface area contributed by atoms with E-state index in [1.165, 1.54) is 24.1 Å². The summed E-state index contributed by atoms with van der Waals surface area (Å²) in [6.07, 6.45) is 4.98. The Balaban J connectivity index is 1.57. The van der Waals surface area contributed by atoms with Gasteiger partial charge in [0.2, 0.25) is 0 Å². The Hall–Kier alpha value is -1.06. The predicted molar refractivity (Wildman–Crippen MR) is 78.5 cm³/mol. The largest absolute Gasteiger partial charge is 0.381 e. The van der Waals surface area contributed by atoms with E-state index in [9.17, 15) is 0 Å². The van der Waals surface area contributed by atoms with Crippen LogP contribution < -0.4 is 10.2 Å². The summed E-state index contributed by atoms with van der Waals surface area (Å²) in [4.78, 5) is 2.40. The molecule has 1 aliphatic heterocycles. The van der Waals surface area contributed by atoms with Crippen LogP contribution in [-0.4, -0.2) is 32.3 Å². The van der Waals surface area contributed by atoms with Crippen molar-refractivity contribution in [1.29, 1.82) is 0 Å². The molecule has 1 heterocycles. The molecular formula is C16H24N2O. The van der Waals surface area contributed by atoms with Gasteiger partial charge in [-0.1, -0.05) is 12.1 Å². The molecule has 3 rings (SSSR count). The maximum absolute atomic E-state index is 5.43. The van der Waals surface area contributed by atoms with Gasteiger partial charge in [0.15, 0.2) is 0 Å². The fourth-order valence-corrected chi connectivity index (χ4v) is 2.68. The first-order valence-corrected chi connectivity index (χ1v) is 7.46. The summed E-state index contributed by atoms with van der Waals surface area (Å²) in [6.45, 7) is 2.81. The highest BCUT2D eigenvalue weighted by molar-refractivity contribution is 5.47. The van der Waals surface area contributed by atoms with Gasteiger partial charge >= 0.3 is 0 Å². The summed E-state index contributed by atoms with van der Waals surface area (Å²) in [5, 5.41) is 3.55. The normalized spacial score (nSPS) is 20.5. The summed E-state index contributed by atoms with van der Waals surface area (Å²) in [7, 11) is 2.20. The lowest BCUT2D eigenvalue weighted by Gasteiger charge is -2.33. The van der Waals surface area contributed by atoms with Crippen molar-refractivity contribution in [2.45, 2.75) is 44.3 Å². The van der Waals surface area contributed by atoms with Gasteiger partial charge in [0.1, 0.15) is 0 Å². The molecule has 1 aromatic carbocycles. The third kappa shape index (κ3) is 3.48. The van der Waals surface area contributed by atoms with Crippen LogP contribution in [0.1, 0.15) is 31.2 Å². The Morgan fingerprint density at radius 2 is 1.79 bits per heavy atom. The van der Waals surface area contributed by atoms with E-state index in [1.54, 1.807) is 0 Å². The summed E-state index contributed by atoms with van der Waals surface area (Å²) in [5.41, 5.74) is 2.71. The Bertz CT molecular complexity index is 394. The lowest BCUT2D eigenvalue weighted by Crippen LogP contribution is -2.36. The van der Waals surface area contributed by atoms with E-state index < -0.39 is 0 Å². The molecule has 0 bridgehead atoms. The van der Waals surface area contributed by atoms with Crippen LogP contribution in [0, 0.1) is 0 Å². The third-order valence-corrected chi connectivity index (χ3v) is 4.25. The lowest BCUT2D eigenvalue weighted by atomic mass is 10.1. The third-order valence-electron chi connectivity index (χ3n) is 4.25. The molecule has 1 saturated heterocycles. The number of nitrogens with one attached hydrogen (secondary N) is 1. The van der Waals surface area contributed by atoms with E-state index in [0.717, 1.165) is 38.6 Å². The quantitative estimate of drug-likeness (QED) is 0.880. The molecule has 3 heteroatoms. The average molecular weight is 260 g/mol. The summed E-state index contributed by atoms with van der Waals surface area (Å²) in [5.74, 6) is 0. The van der Waals surface area contributed by atoms with Crippen LogP contribution in [-0.2, 0) is 11.3 Å². The topological polar surface area (TPSA) is 24.5 Å². The second kappa shape index (κ2) is 5.93. The number of ether oxygens (including phenoxy) is 1. The molecule has 2 fully saturated rings. The predicted octanol–water partition coefficient (Wildman–Crippen LogP) is 2.55. The van der Waals surface area contributed by atoms with E-state index in [1.807, 2.05) is 0 Å². The molecular weight excluding hydrogens is 236 g/mol. The Kier molecular flexibility index (Phi) is 4.04. The van der Waals surface area contributed by atoms with Gasteiger partial charge in [-0.3, -0.25) is 0 Å². The van der Waals surface area contributed by atoms with Crippen molar-refractivity contribution in [3.63, 3.8) is 0 Å². The summed E-state index contributed by atoms with van der Waals surface area (Å²) >= 11 is 0. The van der Waals surface area contributed by atoms with Crippen molar-refractivity contribution in [3.05, 3.63) is 29.8 Å². The maximum Gasteiger partial charge on any atom is 0.0485 e. The van der Waals surface area contributed by atoms with E-state index in [-0.39, 0.29) is 0 Å². The number of benzene rings is 1. The van der Waals surface area contributed by atoms with Crippen LogP contribution in [0.3, 0.4) is 0 Å². The first-order valence-electron chi connectivity index (χ1n) is 7.46. The van der Waals surface area contributed by atoms with E-state index >= 15 is 0 Å². The number of nitrogens with zero attached hydrogens (tertiary/aromatic N) is 1. The molecule has 0 unspecified atom stereocenters. The molecule has 1 N–H and O–H groups in total. The van der Waals surface area contributed by atoms with Gasteiger partial charge in [0.05, 0.1) is 0 Å². The molecule has 0 atom stereocenters. The molecule has 3 nitrogen and oxygen atoms in total. The van der Waals surface area contributed by atoms with Crippen molar-refractivity contribution in [2.24, 2.45) is 0 Å². The highest BCUT2D eigenvalue weighted by Gasteiger charge is 2.20. The SMILES string of the molecule is CN(c1ccc(CNC2CC2)cc1)C1CCOCC1. The number of hydrogen-bond acceptors (Lipinski definition) is 3. The first kappa shape index (κ1) is 12.9. The van der Waals surface area contributed by atoms with Crippen LogP contribution in [0.15, 0.2) is 24.3 Å². The smallest absolute Gasteiger partial charge is 0.0485 e. The standard InChI is InChI=1S/C16H24N2O/c1-18(16-8-10-19-11-9-16)15-6-2-13(3-7-15)12-17-14-4-5-14/h2-3,6-7,14,16-17H,4-5,8-12H2,1H3. The van der Waals surface area contributed by atoms with Gasteiger partial charge < -0.3 is 15.0 Å². The van der Waals surface area contributed by atoms with Crippen molar-refractivity contribution in [3.8, 4) is 0 Å². The Labute approximate surface area is 115 Å². The highest BCUT2D eigenvalue weighted by Crippen LogP contribution is 2.22. The van der Waals surface area contributed by atoms with Crippen LogP contribution in [0.2, 0.25) is 0 Å². The van der Waals surface area contributed by atoms with Crippen LogP contribution in [0.5, 0.6) is 0 Å². The molecule has 2 aliphatic rings. The van der Waals surface area contributed by atoms with Crippen molar-refractivity contribution in [1.82, 2.24) is 5.32 Å². The number of rotatable bonds is 5. The molecule has 1 aliphatic carbocycles. The van der Waals surface area contributed by atoms with E-state index in [4.69, 9.17) is 4.74 Å². The fourth-order valence-electron chi connectivity index (χ4n) is 2.68. The van der Waals surface area contributed by atoms with E-state index in [0.29, 0.717) is 6.04 Å². The van der Waals surface area contributed by atoms with Gasteiger partial charge in [-0.15, -0.1) is 0 Å². The zero-order valence-corrected chi connectivity index (χ0v) is 11.8. The van der Waals surface area contributed by atoms with Gasteiger partial charge in [0.25, 0.3) is 0 Å². The maximum atomic E-state index is 5.43. The lowest BCUT2D eigenvalue weighted by molar-refractivity contribution is 0.0855. The highest BCUT2D eigenvalue weighted by atomic mass is 16.5. The molecule has 0 radical (unpaired) electrons. The first-order chi connectivity index (χ1) is 9.33. The second-order valence-corrected chi connectivity index (χ2v) is 5.78.